The minimum Gasteiger partial charge on any atom is -0.492 e. The maximum atomic E-state index is 12.0. The highest BCUT2D eigenvalue weighted by atomic mass is 16.5. The van der Waals surface area contributed by atoms with Crippen molar-refractivity contribution in [3.8, 4) is 5.75 Å². The van der Waals surface area contributed by atoms with Crippen LogP contribution in [0.1, 0.15) is 5.56 Å². The summed E-state index contributed by atoms with van der Waals surface area (Å²) in [7, 11) is 0. The molecule has 0 aromatic heterocycles. The molecule has 0 unspecified atom stereocenters. The first kappa shape index (κ1) is 14.5. The summed E-state index contributed by atoms with van der Waals surface area (Å²) in [5, 5.41) is 5.14. The molecule has 0 aliphatic carbocycles. The second kappa shape index (κ2) is 6.16. The van der Waals surface area contributed by atoms with Crippen molar-refractivity contribution >= 4 is 28.1 Å². The molecule has 0 spiro atoms. The number of hydrogen-bond donors (Lipinski definition) is 1. The van der Waals surface area contributed by atoms with E-state index in [0.717, 1.165) is 22.4 Å². The Labute approximate surface area is 139 Å². The summed E-state index contributed by atoms with van der Waals surface area (Å²) in [4.78, 5) is 16.4. The molecule has 0 saturated carbocycles. The van der Waals surface area contributed by atoms with Crippen LogP contribution in [0.2, 0.25) is 0 Å². The smallest absolute Gasteiger partial charge is 0.274 e. The maximum absolute atomic E-state index is 12.0. The van der Waals surface area contributed by atoms with E-state index >= 15 is 0 Å². The molecule has 0 radical (unpaired) electrons. The van der Waals surface area contributed by atoms with Crippen LogP contribution in [0.4, 0.5) is 5.69 Å². The van der Waals surface area contributed by atoms with Gasteiger partial charge in [0.1, 0.15) is 18.1 Å². The summed E-state index contributed by atoms with van der Waals surface area (Å²) in [6, 6.07) is 21.7. The molecule has 4 heteroatoms. The highest BCUT2D eigenvalue weighted by Crippen LogP contribution is 2.23. The minimum absolute atomic E-state index is 0.151. The number of aliphatic imine (C=N–C) groups is 1. The predicted octanol–water partition coefficient (Wildman–Crippen LogP) is 3.66. The number of ether oxygens (including phenoxy) is 1. The standard InChI is InChI=1S/C20H16N2O2/c23-20-19(17-7-3-4-8-18(17)22-20)21-11-12-24-16-10-9-14-5-1-2-6-15(14)13-16/h1-10,13H,11-12H2,(H,21,22,23). The van der Waals surface area contributed by atoms with Gasteiger partial charge in [-0.1, -0.05) is 48.5 Å². The molecule has 3 aromatic carbocycles. The largest absolute Gasteiger partial charge is 0.492 e. The van der Waals surface area contributed by atoms with E-state index in [0.29, 0.717) is 18.9 Å². The molecule has 1 aliphatic rings. The lowest BCUT2D eigenvalue weighted by molar-refractivity contribution is -0.110. The number of hydrogen-bond acceptors (Lipinski definition) is 3. The van der Waals surface area contributed by atoms with Crippen molar-refractivity contribution in [3.05, 3.63) is 72.3 Å². The molecule has 1 N–H and O–H groups in total. The Kier molecular flexibility index (Phi) is 3.71. The molecule has 0 bridgehead atoms. The number of carbonyl (C=O) groups excluding carboxylic acids is 1. The van der Waals surface area contributed by atoms with E-state index in [1.807, 2.05) is 54.6 Å². The molecule has 0 fully saturated rings. The fraction of sp³-hybridized carbons (Fsp3) is 0.100. The number of benzene rings is 3. The van der Waals surface area contributed by atoms with Crippen molar-refractivity contribution < 1.29 is 9.53 Å². The van der Waals surface area contributed by atoms with Crippen molar-refractivity contribution in [2.45, 2.75) is 0 Å². The van der Waals surface area contributed by atoms with Gasteiger partial charge in [-0.05, 0) is 29.0 Å². The number of amides is 1. The van der Waals surface area contributed by atoms with Crippen molar-refractivity contribution in [2.24, 2.45) is 4.99 Å². The second-order valence-corrected chi connectivity index (χ2v) is 5.59. The van der Waals surface area contributed by atoms with E-state index in [9.17, 15) is 4.79 Å². The Hall–Kier alpha value is -3.14. The predicted molar refractivity (Wildman–Crippen MR) is 95.9 cm³/mol. The second-order valence-electron chi connectivity index (χ2n) is 5.59. The highest BCUT2D eigenvalue weighted by molar-refractivity contribution is 6.53. The Morgan fingerprint density at radius 3 is 2.62 bits per heavy atom. The zero-order valence-electron chi connectivity index (χ0n) is 13.0. The molecule has 3 aromatic rings. The first-order valence-corrected chi connectivity index (χ1v) is 7.88. The van der Waals surface area contributed by atoms with Crippen LogP contribution in [0.15, 0.2) is 71.7 Å². The fourth-order valence-electron chi connectivity index (χ4n) is 2.84. The van der Waals surface area contributed by atoms with Crippen LogP contribution in [0, 0.1) is 0 Å². The Balaban J connectivity index is 1.43. The third kappa shape index (κ3) is 2.74. The molecular weight excluding hydrogens is 300 g/mol. The molecule has 118 valence electrons. The maximum Gasteiger partial charge on any atom is 0.274 e. The molecule has 24 heavy (non-hydrogen) atoms. The zero-order chi connectivity index (χ0) is 16.4. The zero-order valence-corrected chi connectivity index (χ0v) is 13.0. The summed E-state index contributed by atoms with van der Waals surface area (Å²) in [6.45, 7) is 0.862. The van der Waals surface area contributed by atoms with E-state index in [2.05, 4.69) is 22.4 Å². The van der Waals surface area contributed by atoms with E-state index in [1.165, 1.54) is 5.39 Å². The Bertz CT molecular complexity index is 947. The van der Waals surface area contributed by atoms with Gasteiger partial charge in [-0.15, -0.1) is 0 Å². The van der Waals surface area contributed by atoms with E-state index in [1.54, 1.807) is 0 Å². The van der Waals surface area contributed by atoms with Gasteiger partial charge in [0.25, 0.3) is 5.91 Å². The topological polar surface area (TPSA) is 50.7 Å². The number of rotatable bonds is 4. The SMILES string of the molecule is O=C1Nc2ccccc2C1=NCCOc1ccc2ccccc2c1. The molecule has 1 amide bonds. The minimum atomic E-state index is -0.151. The molecule has 0 saturated heterocycles. The first-order chi connectivity index (χ1) is 11.8. The van der Waals surface area contributed by atoms with Crippen LogP contribution < -0.4 is 10.1 Å². The van der Waals surface area contributed by atoms with Gasteiger partial charge in [-0.25, -0.2) is 0 Å². The van der Waals surface area contributed by atoms with Crippen LogP contribution in [0.25, 0.3) is 10.8 Å². The monoisotopic (exact) mass is 316 g/mol. The van der Waals surface area contributed by atoms with Crippen LogP contribution in [0.5, 0.6) is 5.75 Å². The molecule has 0 atom stereocenters. The third-order valence-corrected chi connectivity index (χ3v) is 4.00. The van der Waals surface area contributed by atoms with Crippen LogP contribution >= 0.6 is 0 Å². The number of carbonyl (C=O) groups is 1. The Morgan fingerprint density at radius 2 is 1.71 bits per heavy atom. The van der Waals surface area contributed by atoms with E-state index in [-0.39, 0.29) is 5.91 Å². The van der Waals surface area contributed by atoms with Crippen LogP contribution in [0.3, 0.4) is 0 Å². The summed E-state index contributed by atoms with van der Waals surface area (Å²) < 4.78 is 5.76. The molecule has 1 aliphatic heterocycles. The number of anilines is 1. The molecule has 4 rings (SSSR count). The van der Waals surface area contributed by atoms with Gasteiger partial charge in [0, 0.05) is 5.56 Å². The van der Waals surface area contributed by atoms with Gasteiger partial charge in [-0.3, -0.25) is 9.79 Å². The van der Waals surface area contributed by atoms with Crippen molar-refractivity contribution in [2.75, 3.05) is 18.5 Å². The number of fused-ring (bicyclic) bond motifs is 2. The van der Waals surface area contributed by atoms with Crippen molar-refractivity contribution in [3.63, 3.8) is 0 Å². The van der Waals surface area contributed by atoms with Gasteiger partial charge < -0.3 is 10.1 Å². The average Bonchev–Trinajstić information content (AvgIpc) is 2.94. The average molecular weight is 316 g/mol. The molecular formula is C20H16N2O2. The Morgan fingerprint density at radius 1 is 0.917 bits per heavy atom. The summed E-state index contributed by atoms with van der Waals surface area (Å²) in [5.74, 6) is 0.659. The van der Waals surface area contributed by atoms with Gasteiger partial charge in [0.05, 0.1) is 12.2 Å². The number of nitrogens with one attached hydrogen (secondary N) is 1. The number of nitrogens with zero attached hydrogens (tertiary/aromatic N) is 1. The van der Waals surface area contributed by atoms with E-state index in [4.69, 9.17) is 4.74 Å². The summed E-state index contributed by atoms with van der Waals surface area (Å²) in [5.41, 5.74) is 2.15. The molecule has 4 nitrogen and oxygen atoms in total. The van der Waals surface area contributed by atoms with Gasteiger partial charge in [0.15, 0.2) is 0 Å². The van der Waals surface area contributed by atoms with Crippen molar-refractivity contribution in [1.82, 2.24) is 0 Å². The fourth-order valence-corrected chi connectivity index (χ4v) is 2.84. The number of para-hydroxylation sites is 1. The van der Waals surface area contributed by atoms with Gasteiger partial charge >= 0.3 is 0 Å². The summed E-state index contributed by atoms with van der Waals surface area (Å²) >= 11 is 0. The lowest BCUT2D eigenvalue weighted by Gasteiger charge is -2.06. The van der Waals surface area contributed by atoms with Gasteiger partial charge in [0.2, 0.25) is 0 Å². The van der Waals surface area contributed by atoms with Crippen molar-refractivity contribution in [1.29, 1.82) is 0 Å². The normalized spacial score (nSPS) is 14.7. The van der Waals surface area contributed by atoms with Gasteiger partial charge in [-0.2, -0.15) is 0 Å². The first-order valence-electron chi connectivity index (χ1n) is 7.88. The van der Waals surface area contributed by atoms with Crippen LogP contribution in [-0.4, -0.2) is 24.8 Å². The highest BCUT2D eigenvalue weighted by Gasteiger charge is 2.24. The lowest BCUT2D eigenvalue weighted by Crippen LogP contribution is -2.16. The third-order valence-electron chi connectivity index (χ3n) is 4.00. The molecule has 1 heterocycles. The van der Waals surface area contributed by atoms with E-state index < -0.39 is 0 Å². The quantitative estimate of drug-likeness (QED) is 0.747. The van der Waals surface area contributed by atoms with Crippen LogP contribution in [-0.2, 0) is 4.79 Å². The lowest BCUT2D eigenvalue weighted by atomic mass is 10.1. The summed E-state index contributed by atoms with van der Waals surface area (Å²) in [6.07, 6.45) is 0.